The van der Waals surface area contributed by atoms with E-state index < -0.39 is 0 Å². The normalized spacial score (nSPS) is 11.1. The highest BCUT2D eigenvalue weighted by atomic mass is 16.5. The molecule has 0 bridgehead atoms. The largest absolute Gasteiger partial charge is 0.494 e. The third kappa shape index (κ3) is 5.05. The summed E-state index contributed by atoms with van der Waals surface area (Å²) in [6, 6.07) is 15.8. The molecule has 0 spiro atoms. The number of rotatable bonds is 9. The number of hydrogen-bond donors (Lipinski definition) is 1. The van der Waals surface area contributed by atoms with Gasteiger partial charge in [-0.3, -0.25) is 14.2 Å². The number of carbonyl (C=O) groups excluding carboxylic acids is 1. The Morgan fingerprint density at radius 1 is 1.06 bits per heavy atom. The number of carbonyl (C=O) groups is 1. The molecule has 7 nitrogen and oxygen atoms in total. The van der Waals surface area contributed by atoms with Gasteiger partial charge < -0.3 is 10.1 Å². The Kier molecular flexibility index (Phi) is 7.58. The van der Waals surface area contributed by atoms with Gasteiger partial charge in [0.25, 0.3) is 5.56 Å². The van der Waals surface area contributed by atoms with Crippen LogP contribution in [0, 0.1) is 20.8 Å². The second kappa shape index (κ2) is 10.8. The minimum Gasteiger partial charge on any atom is -0.494 e. The summed E-state index contributed by atoms with van der Waals surface area (Å²) in [6.07, 6.45) is 0.623. The average Bonchev–Trinajstić information content (AvgIpc) is 3.21. The van der Waals surface area contributed by atoms with Crippen molar-refractivity contribution in [3.8, 4) is 11.4 Å². The van der Waals surface area contributed by atoms with Crippen LogP contribution in [0.5, 0.6) is 5.75 Å². The molecule has 2 heterocycles. The van der Waals surface area contributed by atoms with Crippen molar-refractivity contribution in [2.45, 2.75) is 60.5 Å². The van der Waals surface area contributed by atoms with Crippen molar-refractivity contribution in [1.29, 1.82) is 0 Å². The summed E-state index contributed by atoms with van der Waals surface area (Å²) >= 11 is 0. The van der Waals surface area contributed by atoms with Gasteiger partial charge in [-0.05, 0) is 82.0 Å². The number of aromatic nitrogens is 3. The lowest BCUT2D eigenvalue weighted by Gasteiger charge is -2.15. The van der Waals surface area contributed by atoms with Gasteiger partial charge in [0.15, 0.2) is 0 Å². The Labute approximate surface area is 211 Å². The first-order valence-corrected chi connectivity index (χ1v) is 12.5. The SMILES string of the molecule is CCOc1ccc(CNC(=O)CCc2c(C)c3c(C)nn(-c4cccc(C)c4)c3n(CC)c2=O)cc1. The highest BCUT2D eigenvalue weighted by molar-refractivity contribution is 5.85. The molecule has 0 fully saturated rings. The zero-order chi connectivity index (χ0) is 25.8. The minimum atomic E-state index is -0.0852. The van der Waals surface area contributed by atoms with Crippen LogP contribution in [0.15, 0.2) is 53.3 Å². The number of aryl methyl sites for hydroxylation is 4. The van der Waals surface area contributed by atoms with E-state index in [0.717, 1.165) is 44.9 Å². The molecule has 188 valence electrons. The Morgan fingerprint density at radius 3 is 2.47 bits per heavy atom. The molecule has 0 aliphatic heterocycles. The fraction of sp³-hybridized carbons (Fsp3) is 0.345. The van der Waals surface area contributed by atoms with Gasteiger partial charge in [-0.1, -0.05) is 24.3 Å². The summed E-state index contributed by atoms with van der Waals surface area (Å²) in [6.45, 7) is 11.5. The molecule has 0 radical (unpaired) electrons. The van der Waals surface area contributed by atoms with Gasteiger partial charge in [0.2, 0.25) is 5.91 Å². The van der Waals surface area contributed by atoms with Crippen LogP contribution in [0.2, 0.25) is 0 Å². The number of nitrogens with one attached hydrogen (secondary N) is 1. The number of fused-ring (bicyclic) bond motifs is 1. The fourth-order valence-electron chi connectivity index (χ4n) is 4.70. The molecule has 0 aliphatic rings. The van der Waals surface area contributed by atoms with Crippen LogP contribution >= 0.6 is 0 Å². The molecule has 4 aromatic rings. The Morgan fingerprint density at radius 2 is 1.81 bits per heavy atom. The summed E-state index contributed by atoms with van der Waals surface area (Å²) < 4.78 is 9.10. The van der Waals surface area contributed by atoms with Crippen molar-refractivity contribution in [3.63, 3.8) is 0 Å². The lowest BCUT2D eigenvalue weighted by atomic mass is 10.0. The van der Waals surface area contributed by atoms with Crippen LogP contribution in [0.1, 0.15) is 48.2 Å². The van der Waals surface area contributed by atoms with Crippen molar-refractivity contribution >= 4 is 16.9 Å². The summed E-state index contributed by atoms with van der Waals surface area (Å²) in [5.74, 6) is 0.727. The van der Waals surface area contributed by atoms with Crippen LogP contribution in [0.3, 0.4) is 0 Å². The average molecular weight is 487 g/mol. The summed E-state index contributed by atoms with van der Waals surface area (Å²) in [5.41, 5.74) is 6.23. The van der Waals surface area contributed by atoms with Crippen LogP contribution in [0.4, 0.5) is 0 Å². The molecule has 36 heavy (non-hydrogen) atoms. The van der Waals surface area contributed by atoms with E-state index >= 15 is 0 Å². The van der Waals surface area contributed by atoms with E-state index in [1.807, 2.05) is 81.8 Å². The predicted molar refractivity (Wildman–Crippen MR) is 143 cm³/mol. The number of ether oxygens (including phenoxy) is 1. The first-order chi connectivity index (χ1) is 17.3. The zero-order valence-corrected chi connectivity index (χ0v) is 21.7. The molecule has 1 N–H and O–H groups in total. The van der Waals surface area contributed by atoms with Crippen molar-refractivity contribution < 1.29 is 9.53 Å². The molecule has 0 unspecified atom stereocenters. The van der Waals surface area contributed by atoms with Gasteiger partial charge in [-0.15, -0.1) is 0 Å². The van der Waals surface area contributed by atoms with Gasteiger partial charge >= 0.3 is 0 Å². The fourth-order valence-corrected chi connectivity index (χ4v) is 4.70. The Hall–Kier alpha value is -3.87. The van der Waals surface area contributed by atoms with E-state index in [1.165, 1.54) is 0 Å². The van der Waals surface area contributed by atoms with E-state index in [1.54, 1.807) is 4.57 Å². The van der Waals surface area contributed by atoms with Crippen LogP contribution in [-0.4, -0.2) is 26.9 Å². The van der Waals surface area contributed by atoms with Gasteiger partial charge in [0.1, 0.15) is 11.4 Å². The zero-order valence-electron chi connectivity index (χ0n) is 21.7. The maximum absolute atomic E-state index is 13.5. The van der Waals surface area contributed by atoms with Crippen LogP contribution in [-0.2, 0) is 24.3 Å². The third-order valence-corrected chi connectivity index (χ3v) is 6.51. The molecule has 2 aromatic heterocycles. The first kappa shape index (κ1) is 25.2. The van der Waals surface area contributed by atoms with Crippen molar-refractivity contribution in [1.82, 2.24) is 19.7 Å². The topological polar surface area (TPSA) is 78.2 Å². The van der Waals surface area contributed by atoms with Gasteiger partial charge in [-0.25, -0.2) is 4.68 Å². The van der Waals surface area contributed by atoms with Crippen molar-refractivity contribution in [2.24, 2.45) is 0 Å². The third-order valence-electron chi connectivity index (χ3n) is 6.51. The van der Waals surface area contributed by atoms with E-state index in [9.17, 15) is 9.59 Å². The Balaban J connectivity index is 1.57. The maximum atomic E-state index is 13.5. The second-order valence-electron chi connectivity index (χ2n) is 9.04. The number of amides is 1. The second-order valence-corrected chi connectivity index (χ2v) is 9.04. The minimum absolute atomic E-state index is 0.0596. The van der Waals surface area contributed by atoms with Crippen molar-refractivity contribution in [3.05, 3.63) is 86.8 Å². The Bertz CT molecular complexity index is 1450. The number of pyridine rings is 1. The molecule has 4 rings (SSSR count). The van der Waals surface area contributed by atoms with Gasteiger partial charge in [0.05, 0.1) is 18.0 Å². The number of nitrogens with zero attached hydrogens (tertiary/aromatic N) is 3. The highest BCUT2D eigenvalue weighted by Crippen LogP contribution is 2.26. The molecule has 1 amide bonds. The smallest absolute Gasteiger partial charge is 0.255 e. The molecular formula is C29H34N4O3. The monoisotopic (exact) mass is 486 g/mol. The highest BCUT2D eigenvalue weighted by Gasteiger charge is 2.21. The van der Waals surface area contributed by atoms with E-state index in [4.69, 9.17) is 9.84 Å². The molecule has 2 aromatic carbocycles. The van der Waals surface area contributed by atoms with Crippen molar-refractivity contribution in [2.75, 3.05) is 6.61 Å². The van der Waals surface area contributed by atoms with Gasteiger partial charge in [-0.2, -0.15) is 5.10 Å². The maximum Gasteiger partial charge on any atom is 0.255 e. The number of benzene rings is 2. The van der Waals surface area contributed by atoms with E-state index in [-0.39, 0.29) is 17.9 Å². The molecular weight excluding hydrogens is 452 g/mol. The molecule has 0 atom stereocenters. The summed E-state index contributed by atoms with van der Waals surface area (Å²) in [5, 5.41) is 8.73. The van der Waals surface area contributed by atoms with Crippen LogP contribution in [0.25, 0.3) is 16.7 Å². The van der Waals surface area contributed by atoms with Gasteiger partial charge in [0, 0.05) is 30.5 Å². The quantitative estimate of drug-likeness (QED) is 0.369. The first-order valence-electron chi connectivity index (χ1n) is 12.5. The summed E-state index contributed by atoms with van der Waals surface area (Å²) in [4.78, 5) is 26.2. The standard InChI is InChI=1S/C29H34N4O3/c1-6-32-28-27(21(5)31-33(28)23-10-8-9-19(3)17-23)20(4)25(29(32)35)15-16-26(34)30-18-22-11-13-24(14-12-22)36-7-2/h8-14,17H,6-7,15-16,18H2,1-5H3,(H,30,34). The molecule has 0 saturated carbocycles. The summed E-state index contributed by atoms with van der Waals surface area (Å²) in [7, 11) is 0. The van der Waals surface area contributed by atoms with E-state index in [0.29, 0.717) is 31.7 Å². The predicted octanol–water partition coefficient (Wildman–Crippen LogP) is 4.78. The van der Waals surface area contributed by atoms with Crippen LogP contribution < -0.4 is 15.6 Å². The molecule has 0 saturated heterocycles. The lowest BCUT2D eigenvalue weighted by Crippen LogP contribution is -2.28. The molecule has 7 heteroatoms. The van der Waals surface area contributed by atoms with E-state index in [2.05, 4.69) is 11.4 Å². The lowest BCUT2D eigenvalue weighted by molar-refractivity contribution is -0.121. The molecule has 0 aliphatic carbocycles. The number of hydrogen-bond acceptors (Lipinski definition) is 4.